The van der Waals surface area contributed by atoms with Crippen LogP contribution in [0.1, 0.15) is 0 Å². The van der Waals surface area contributed by atoms with E-state index in [9.17, 15) is 4.79 Å². The van der Waals surface area contributed by atoms with Crippen molar-refractivity contribution in [3.63, 3.8) is 0 Å². The summed E-state index contributed by atoms with van der Waals surface area (Å²) >= 11 is 0. The predicted molar refractivity (Wildman–Crippen MR) is 111 cm³/mol. The summed E-state index contributed by atoms with van der Waals surface area (Å²) in [6.07, 6.45) is 1.96. The van der Waals surface area contributed by atoms with Crippen LogP contribution in [0.15, 0.2) is 48.7 Å². The van der Waals surface area contributed by atoms with Crippen molar-refractivity contribution in [2.75, 3.05) is 50.6 Å². The summed E-state index contributed by atoms with van der Waals surface area (Å²) in [5.74, 6) is 1.22. The van der Waals surface area contributed by atoms with E-state index < -0.39 is 0 Å². The van der Waals surface area contributed by atoms with E-state index in [0.29, 0.717) is 30.3 Å². The Hall–Kier alpha value is -3.35. The van der Waals surface area contributed by atoms with Crippen molar-refractivity contribution < 1.29 is 14.3 Å². The Balaban J connectivity index is 1.40. The van der Waals surface area contributed by atoms with Gasteiger partial charge in [-0.3, -0.25) is 0 Å². The van der Waals surface area contributed by atoms with Crippen LogP contribution in [0, 0.1) is 0 Å². The summed E-state index contributed by atoms with van der Waals surface area (Å²) in [5, 5.41) is 4.16. The Morgan fingerprint density at radius 1 is 1.00 bits per heavy atom. The topological polar surface area (TPSA) is 69.8 Å². The Morgan fingerprint density at radius 3 is 2.54 bits per heavy atom. The average molecular weight is 380 g/mol. The fourth-order valence-corrected chi connectivity index (χ4v) is 3.61. The summed E-state index contributed by atoms with van der Waals surface area (Å²) < 4.78 is 10.5. The number of carbonyl (C=O) groups is 1. The molecule has 2 N–H and O–H groups in total. The number of aromatic nitrogens is 1. The number of nitrogens with zero attached hydrogens (tertiary/aromatic N) is 2. The molecule has 0 spiro atoms. The Morgan fingerprint density at radius 2 is 1.79 bits per heavy atom. The third-order valence-electron chi connectivity index (χ3n) is 5.11. The minimum Gasteiger partial charge on any atom is -0.493 e. The molecule has 1 aromatic heterocycles. The van der Waals surface area contributed by atoms with Crippen molar-refractivity contribution in [2.24, 2.45) is 0 Å². The van der Waals surface area contributed by atoms with Crippen LogP contribution >= 0.6 is 0 Å². The van der Waals surface area contributed by atoms with E-state index in [1.165, 1.54) is 11.1 Å². The molecule has 1 aliphatic heterocycles. The molecule has 2 amide bonds. The minimum absolute atomic E-state index is 0.105. The quantitative estimate of drug-likeness (QED) is 0.726. The first-order valence-corrected chi connectivity index (χ1v) is 9.28. The lowest BCUT2D eigenvalue weighted by Gasteiger charge is -2.36. The highest BCUT2D eigenvalue weighted by Crippen LogP contribution is 2.30. The molecule has 3 aromatic rings. The molecule has 1 fully saturated rings. The first kappa shape index (κ1) is 18.0. The Labute approximate surface area is 163 Å². The van der Waals surface area contributed by atoms with Crippen LogP contribution in [0.4, 0.5) is 16.2 Å². The smallest absolute Gasteiger partial charge is 0.321 e. The van der Waals surface area contributed by atoms with Gasteiger partial charge in [-0.05, 0) is 30.3 Å². The largest absolute Gasteiger partial charge is 0.493 e. The van der Waals surface area contributed by atoms with Gasteiger partial charge in [0, 0.05) is 60.7 Å². The summed E-state index contributed by atoms with van der Waals surface area (Å²) in [7, 11) is 3.16. The number of anilines is 2. The zero-order valence-electron chi connectivity index (χ0n) is 16.1. The van der Waals surface area contributed by atoms with Crippen LogP contribution in [0.25, 0.3) is 10.9 Å². The second kappa shape index (κ2) is 7.72. The van der Waals surface area contributed by atoms with Gasteiger partial charge in [0.05, 0.1) is 14.2 Å². The highest BCUT2D eigenvalue weighted by molar-refractivity contribution is 5.93. The normalized spacial score (nSPS) is 14.2. The number of rotatable bonds is 4. The van der Waals surface area contributed by atoms with Gasteiger partial charge >= 0.3 is 6.03 Å². The summed E-state index contributed by atoms with van der Waals surface area (Å²) in [6.45, 7) is 2.92. The van der Waals surface area contributed by atoms with Gasteiger partial charge in [-0.2, -0.15) is 0 Å². The number of amides is 2. The molecule has 146 valence electrons. The van der Waals surface area contributed by atoms with E-state index in [0.717, 1.165) is 18.6 Å². The molecule has 1 aliphatic rings. The van der Waals surface area contributed by atoms with Crippen molar-refractivity contribution in [3.05, 3.63) is 48.7 Å². The van der Waals surface area contributed by atoms with Crippen LogP contribution in [-0.4, -0.2) is 56.3 Å². The highest BCUT2D eigenvalue weighted by atomic mass is 16.5. The van der Waals surface area contributed by atoms with E-state index in [1.807, 2.05) is 17.2 Å². The average Bonchev–Trinajstić information content (AvgIpc) is 3.22. The van der Waals surface area contributed by atoms with Crippen LogP contribution < -0.4 is 19.7 Å². The fraction of sp³-hybridized carbons (Fsp3) is 0.286. The van der Waals surface area contributed by atoms with Gasteiger partial charge in [0.15, 0.2) is 11.5 Å². The lowest BCUT2D eigenvalue weighted by Crippen LogP contribution is -2.50. The monoisotopic (exact) mass is 380 g/mol. The van der Waals surface area contributed by atoms with Crippen molar-refractivity contribution >= 4 is 28.3 Å². The second-order valence-electron chi connectivity index (χ2n) is 6.69. The molecule has 0 unspecified atom stereocenters. The van der Waals surface area contributed by atoms with E-state index in [2.05, 4.69) is 39.5 Å². The van der Waals surface area contributed by atoms with Crippen LogP contribution in [0.5, 0.6) is 11.5 Å². The molecule has 0 aliphatic carbocycles. The maximum Gasteiger partial charge on any atom is 0.321 e. The maximum atomic E-state index is 12.7. The van der Waals surface area contributed by atoms with E-state index in [1.54, 1.807) is 26.4 Å². The third kappa shape index (κ3) is 3.43. The van der Waals surface area contributed by atoms with Gasteiger partial charge in [-0.15, -0.1) is 0 Å². The summed E-state index contributed by atoms with van der Waals surface area (Å²) in [6, 6.07) is 13.6. The number of piperazine rings is 1. The lowest BCUT2D eigenvalue weighted by atomic mass is 10.2. The number of urea groups is 1. The molecule has 2 aromatic carbocycles. The number of methoxy groups -OCH3 is 2. The SMILES string of the molecule is COc1ccc(NC(=O)N2CCN(c3cccc4[nH]ccc34)CC2)cc1OC. The van der Waals surface area contributed by atoms with E-state index in [-0.39, 0.29) is 6.03 Å². The van der Waals surface area contributed by atoms with Crippen molar-refractivity contribution in [1.82, 2.24) is 9.88 Å². The maximum absolute atomic E-state index is 12.7. The molecule has 0 atom stereocenters. The molecular weight excluding hydrogens is 356 g/mol. The fourth-order valence-electron chi connectivity index (χ4n) is 3.61. The van der Waals surface area contributed by atoms with E-state index in [4.69, 9.17) is 9.47 Å². The number of aromatic amines is 1. The summed E-state index contributed by atoms with van der Waals surface area (Å²) in [4.78, 5) is 20.1. The Bertz CT molecular complexity index is 977. The number of fused-ring (bicyclic) bond motifs is 1. The number of ether oxygens (including phenoxy) is 2. The standard InChI is InChI=1S/C21H24N4O3/c1-27-19-7-6-15(14-20(19)28-2)23-21(26)25-12-10-24(11-13-25)18-5-3-4-17-16(18)8-9-22-17/h3-9,14,22H,10-13H2,1-2H3,(H,23,26). The number of nitrogens with one attached hydrogen (secondary N) is 2. The number of hydrogen-bond donors (Lipinski definition) is 2. The van der Waals surface area contributed by atoms with Crippen molar-refractivity contribution in [2.45, 2.75) is 0 Å². The van der Waals surface area contributed by atoms with E-state index >= 15 is 0 Å². The zero-order chi connectivity index (χ0) is 19.5. The molecule has 0 bridgehead atoms. The van der Waals surface area contributed by atoms with Crippen LogP contribution in [0.2, 0.25) is 0 Å². The van der Waals surface area contributed by atoms with Crippen LogP contribution in [0.3, 0.4) is 0 Å². The molecule has 0 saturated carbocycles. The van der Waals surface area contributed by atoms with Gasteiger partial charge < -0.3 is 29.6 Å². The number of H-pyrrole nitrogens is 1. The molecule has 7 heteroatoms. The molecular formula is C21H24N4O3. The Kier molecular flexibility index (Phi) is 4.97. The second-order valence-corrected chi connectivity index (χ2v) is 6.69. The lowest BCUT2D eigenvalue weighted by molar-refractivity contribution is 0.208. The molecule has 4 rings (SSSR count). The van der Waals surface area contributed by atoms with Gasteiger partial charge in [0.25, 0.3) is 0 Å². The number of hydrogen-bond acceptors (Lipinski definition) is 4. The summed E-state index contributed by atoms with van der Waals surface area (Å²) in [5.41, 5.74) is 3.02. The predicted octanol–water partition coefficient (Wildman–Crippen LogP) is 3.54. The van der Waals surface area contributed by atoms with Crippen molar-refractivity contribution in [3.8, 4) is 11.5 Å². The van der Waals surface area contributed by atoms with Crippen molar-refractivity contribution in [1.29, 1.82) is 0 Å². The number of benzene rings is 2. The van der Waals surface area contributed by atoms with Crippen LogP contribution in [-0.2, 0) is 0 Å². The number of carbonyl (C=O) groups excluding carboxylic acids is 1. The molecule has 1 saturated heterocycles. The zero-order valence-corrected chi connectivity index (χ0v) is 16.1. The minimum atomic E-state index is -0.105. The highest BCUT2D eigenvalue weighted by Gasteiger charge is 2.22. The third-order valence-corrected chi connectivity index (χ3v) is 5.11. The van der Waals surface area contributed by atoms with Gasteiger partial charge in [0.1, 0.15) is 0 Å². The molecule has 28 heavy (non-hydrogen) atoms. The molecule has 7 nitrogen and oxygen atoms in total. The molecule has 2 heterocycles. The van der Waals surface area contributed by atoms with Gasteiger partial charge in [-0.25, -0.2) is 4.79 Å². The molecule has 0 radical (unpaired) electrons. The van der Waals surface area contributed by atoms with Gasteiger partial charge in [0.2, 0.25) is 0 Å². The van der Waals surface area contributed by atoms with Gasteiger partial charge in [-0.1, -0.05) is 6.07 Å². The first-order valence-electron chi connectivity index (χ1n) is 9.28. The first-order chi connectivity index (χ1) is 13.7.